The zero-order valence-electron chi connectivity index (χ0n) is 15.4. The molecule has 1 aliphatic rings. The molecule has 0 N–H and O–H groups in total. The van der Waals surface area contributed by atoms with Crippen molar-refractivity contribution in [1.82, 2.24) is 0 Å². The standard InChI is InChI=1S/C20H28O4S/c1-4-24-19(21)15-18-16(9-8-13-20(18,2)3)12-14-25(22,23)17-10-6-5-7-11-17/h5-7,10-11H,4,8-9,12-15H2,1-3H3. The van der Waals surface area contributed by atoms with Crippen LogP contribution in [-0.2, 0) is 19.4 Å². The summed E-state index contributed by atoms with van der Waals surface area (Å²) in [5.41, 5.74) is 2.10. The molecule has 0 unspecified atom stereocenters. The molecule has 0 fully saturated rings. The van der Waals surface area contributed by atoms with Gasteiger partial charge < -0.3 is 4.74 Å². The van der Waals surface area contributed by atoms with E-state index in [1.54, 1.807) is 31.2 Å². The highest BCUT2D eigenvalue weighted by atomic mass is 32.2. The Morgan fingerprint density at radius 1 is 1.20 bits per heavy atom. The van der Waals surface area contributed by atoms with E-state index in [-0.39, 0.29) is 23.6 Å². The van der Waals surface area contributed by atoms with Crippen molar-refractivity contribution in [2.24, 2.45) is 5.41 Å². The summed E-state index contributed by atoms with van der Waals surface area (Å²) in [5, 5.41) is 0. The van der Waals surface area contributed by atoms with Crippen LogP contribution in [0.2, 0.25) is 0 Å². The van der Waals surface area contributed by atoms with Gasteiger partial charge in [-0.05, 0) is 50.2 Å². The fourth-order valence-corrected chi connectivity index (χ4v) is 4.85. The van der Waals surface area contributed by atoms with Gasteiger partial charge in [0.1, 0.15) is 0 Å². The number of ether oxygens (including phenoxy) is 1. The van der Waals surface area contributed by atoms with Gasteiger partial charge >= 0.3 is 5.97 Å². The minimum absolute atomic E-state index is 0.0781. The molecule has 0 aliphatic heterocycles. The maximum absolute atomic E-state index is 12.6. The third kappa shape index (κ3) is 5.18. The molecule has 0 saturated heterocycles. The lowest BCUT2D eigenvalue weighted by molar-refractivity contribution is -0.142. The van der Waals surface area contributed by atoms with E-state index in [9.17, 15) is 13.2 Å². The summed E-state index contributed by atoms with van der Waals surface area (Å²) in [6.07, 6.45) is 3.65. The van der Waals surface area contributed by atoms with Crippen LogP contribution in [0.15, 0.2) is 46.4 Å². The summed E-state index contributed by atoms with van der Waals surface area (Å²) in [5.74, 6) is -0.148. The molecule has 138 valence electrons. The monoisotopic (exact) mass is 364 g/mol. The molecule has 25 heavy (non-hydrogen) atoms. The Morgan fingerprint density at radius 3 is 2.52 bits per heavy atom. The van der Waals surface area contributed by atoms with Crippen molar-refractivity contribution in [1.29, 1.82) is 0 Å². The van der Waals surface area contributed by atoms with E-state index in [2.05, 4.69) is 13.8 Å². The molecule has 2 rings (SSSR count). The summed E-state index contributed by atoms with van der Waals surface area (Å²) in [7, 11) is -3.31. The molecule has 0 bridgehead atoms. The summed E-state index contributed by atoms with van der Waals surface area (Å²) in [6.45, 7) is 6.43. The Bertz CT molecular complexity index is 730. The number of allylic oxidation sites excluding steroid dienone is 1. The first-order valence-corrected chi connectivity index (χ1v) is 10.6. The lowest BCUT2D eigenvalue weighted by Crippen LogP contribution is -2.24. The predicted octanol–water partition coefficient (Wildman–Crippen LogP) is 4.31. The maximum Gasteiger partial charge on any atom is 0.309 e. The van der Waals surface area contributed by atoms with E-state index >= 15 is 0 Å². The topological polar surface area (TPSA) is 60.4 Å². The Morgan fingerprint density at radius 2 is 1.88 bits per heavy atom. The van der Waals surface area contributed by atoms with Crippen LogP contribution >= 0.6 is 0 Å². The fraction of sp³-hybridized carbons (Fsp3) is 0.550. The van der Waals surface area contributed by atoms with Crippen molar-refractivity contribution in [2.45, 2.75) is 57.8 Å². The minimum atomic E-state index is -3.31. The first-order chi connectivity index (χ1) is 11.8. The summed E-state index contributed by atoms with van der Waals surface area (Å²) < 4.78 is 30.2. The highest BCUT2D eigenvalue weighted by Crippen LogP contribution is 2.43. The number of hydrogen-bond donors (Lipinski definition) is 0. The van der Waals surface area contributed by atoms with Crippen LogP contribution in [0, 0.1) is 5.41 Å². The van der Waals surface area contributed by atoms with Crippen LogP contribution in [0.3, 0.4) is 0 Å². The van der Waals surface area contributed by atoms with E-state index in [0.29, 0.717) is 17.9 Å². The van der Waals surface area contributed by atoms with Gasteiger partial charge in [0, 0.05) is 0 Å². The van der Waals surface area contributed by atoms with Crippen LogP contribution in [0.1, 0.15) is 52.9 Å². The highest BCUT2D eigenvalue weighted by Gasteiger charge is 2.31. The van der Waals surface area contributed by atoms with Gasteiger partial charge in [-0.1, -0.05) is 43.2 Å². The van der Waals surface area contributed by atoms with Crippen molar-refractivity contribution < 1.29 is 17.9 Å². The molecule has 0 heterocycles. The zero-order chi connectivity index (χ0) is 18.5. The van der Waals surface area contributed by atoms with E-state index in [0.717, 1.165) is 30.4 Å². The van der Waals surface area contributed by atoms with Crippen LogP contribution in [0.5, 0.6) is 0 Å². The molecule has 1 aliphatic carbocycles. The predicted molar refractivity (Wildman–Crippen MR) is 99.0 cm³/mol. The van der Waals surface area contributed by atoms with Gasteiger partial charge in [-0.25, -0.2) is 8.42 Å². The Kier molecular flexibility index (Phi) is 6.44. The van der Waals surface area contributed by atoms with E-state index in [4.69, 9.17) is 4.74 Å². The zero-order valence-corrected chi connectivity index (χ0v) is 16.2. The van der Waals surface area contributed by atoms with Crippen molar-refractivity contribution in [2.75, 3.05) is 12.4 Å². The average molecular weight is 365 g/mol. The van der Waals surface area contributed by atoms with Gasteiger partial charge in [-0.2, -0.15) is 0 Å². The number of rotatable bonds is 7. The molecule has 0 spiro atoms. The molecule has 0 saturated carbocycles. The molecule has 5 heteroatoms. The van der Waals surface area contributed by atoms with Crippen molar-refractivity contribution in [3.63, 3.8) is 0 Å². The highest BCUT2D eigenvalue weighted by molar-refractivity contribution is 7.91. The molecule has 1 aromatic rings. The number of benzene rings is 1. The Balaban J connectivity index is 2.21. The molecule has 0 radical (unpaired) electrons. The molecule has 4 nitrogen and oxygen atoms in total. The first kappa shape index (κ1) is 19.7. The van der Waals surface area contributed by atoms with Gasteiger partial charge in [0.2, 0.25) is 0 Å². The molecule has 1 aromatic carbocycles. The summed E-state index contributed by atoms with van der Waals surface area (Å²) in [4.78, 5) is 12.4. The van der Waals surface area contributed by atoms with E-state index in [1.807, 2.05) is 6.07 Å². The molecule has 0 atom stereocenters. The Hall–Kier alpha value is -1.62. The van der Waals surface area contributed by atoms with Crippen molar-refractivity contribution >= 4 is 15.8 Å². The molecule has 0 amide bonds. The third-order valence-corrected chi connectivity index (χ3v) is 6.66. The Labute approximate surface area is 151 Å². The van der Waals surface area contributed by atoms with Gasteiger partial charge in [0.05, 0.1) is 23.7 Å². The van der Waals surface area contributed by atoms with Crippen LogP contribution in [0.4, 0.5) is 0 Å². The van der Waals surface area contributed by atoms with Crippen molar-refractivity contribution in [3.8, 4) is 0 Å². The maximum atomic E-state index is 12.6. The average Bonchev–Trinajstić information content (AvgIpc) is 2.56. The van der Waals surface area contributed by atoms with E-state index in [1.165, 1.54) is 0 Å². The fourth-order valence-electron chi connectivity index (χ4n) is 3.52. The molecule has 0 aromatic heterocycles. The van der Waals surface area contributed by atoms with Crippen LogP contribution < -0.4 is 0 Å². The van der Waals surface area contributed by atoms with Gasteiger partial charge in [0.15, 0.2) is 9.84 Å². The lowest BCUT2D eigenvalue weighted by Gasteiger charge is -2.35. The third-order valence-electron chi connectivity index (χ3n) is 4.93. The van der Waals surface area contributed by atoms with Gasteiger partial charge in [0.25, 0.3) is 0 Å². The van der Waals surface area contributed by atoms with Crippen LogP contribution in [0.25, 0.3) is 0 Å². The van der Waals surface area contributed by atoms with Gasteiger partial charge in [-0.3, -0.25) is 4.79 Å². The molecular formula is C20H28O4S. The number of hydrogen-bond acceptors (Lipinski definition) is 4. The number of esters is 1. The second kappa shape index (κ2) is 8.17. The quantitative estimate of drug-likeness (QED) is 0.534. The van der Waals surface area contributed by atoms with E-state index < -0.39 is 9.84 Å². The number of sulfone groups is 1. The first-order valence-electron chi connectivity index (χ1n) is 8.91. The summed E-state index contributed by atoms with van der Waals surface area (Å²) >= 11 is 0. The molecular weight excluding hydrogens is 336 g/mol. The lowest BCUT2D eigenvalue weighted by atomic mass is 9.71. The van der Waals surface area contributed by atoms with Gasteiger partial charge in [-0.15, -0.1) is 0 Å². The number of carbonyl (C=O) groups excluding carboxylic acids is 1. The summed E-state index contributed by atoms with van der Waals surface area (Å²) in [6, 6.07) is 8.55. The number of carbonyl (C=O) groups is 1. The normalized spacial score (nSPS) is 17.4. The SMILES string of the molecule is CCOC(=O)CC1=C(CCS(=O)(=O)c2ccccc2)CCCC1(C)C. The van der Waals surface area contributed by atoms with Crippen LogP contribution in [-0.4, -0.2) is 26.7 Å². The minimum Gasteiger partial charge on any atom is -0.466 e. The second-order valence-electron chi connectivity index (χ2n) is 7.18. The second-order valence-corrected chi connectivity index (χ2v) is 9.29. The van der Waals surface area contributed by atoms with Crippen molar-refractivity contribution in [3.05, 3.63) is 41.5 Å². The largest absolute Gasteiger partial charge is 0.466 e. The smallest absolute Gasteiger partial charge is 0.309 e.